The molecule has 2 aromatic rings. The maximum absolute atomic E-state index is 11.8. The van der Waals surface area contributed by atoms with Crippen molar-refractivity contribution in [2.45, 2.75) is 12.8 Å². The standard InChI is InChI=1S/C16H16N2O3/c17-13-3-1-2-11(10-13)4-9-15(19)18-14-7-5-12(6-8-14)16(20)21/h1-3,5-8,10H,4,9,17H2,(H,18,19)(H,20,21). The van der Waals surface area contributed by atoms with Crippen LogP contribution in [0.2, 0.25) is 0 Å². The van der Waals surface area contributed by atoms with Gasteiger partial charge in [0.15, 0.2) is 0 Å². The van der Waals surface area contributed by atoms with Gasteiger partial charge in [-0.2, -0.15) is 0 Å². The molecule has 0 aliphatic heterocycles. The third kappa shape index (κ3) is 4.35. The van der Waals surface area contributed by atoms with Gasteiger partial charge in [0, 0.05) is 17.8 Å². The first-order chi connectivity index (χ1) is 10.0. The van der Waals surface area contributed by atoms with Gasteiger partial charge in [-0.3, -0.25) is 4.79 Å². The van der Waals surface area contributed by atoms with Crippen molar-refractivity contribution in [2.75, 3.05) is 11.1 Å². The smallest absolute Gasteiger partial charge is 0.335 e. The summed E-state index contributed by atoms with van der Waals surface area (Å²) in [6.45, 7) is 0. The first kappa shape index (κ1) is 14.6. The topological polar surface area (TPSA) is 92.4 Å². The summed E-state index contributed by atoms with van der Waals surface area (Å²) in [5.74, 6) is -1.12. The third-order valence-electron chi connectivity index (χ3n) is 3.01. The second kappa shape index (κ2) is 6.56. The van der Waals surface area contributed by atoms with Crippen LogP contribution in [-0.4, -0.2) is 17.0 Å². The molecule has 0 unspecified atom stereocenters. The van der Waals surface area contributed by atoms with Crippen LogP contribution in [0.4, 0.5) is 11.4 Å². The van der Waals surface area contributed by atoms with Gasteiger partial charge < -0.3 is 16.2 Å². The van der Waals surface area contributed by atoms with E-state index < -0.39 is 5.97 Å². The van der Waals surface area contributed by atoms with Crippen molar-refractivity contribution in [3.05, 3.63) is 59.7 Å². The van der Waals surface area contributed by atoms with E-state index in [4.69, 9.17) is 10.8 Å². The third-order valence-corrected chi connectivity index (χ3v) is 3.01. The second-order valence-corrected chi connectivity index (χ2v) is 4.68. The first-order valence-electron chi connectivity index (χ1n) is 6.52. The summed E-state index contributed by atoms with van der Waals surface area (Å²) in [4.78, 5) is 22.6. The zero-order valence-electron chi connectivity index (χ0n) is 11.4. The zero-order chi connectivity index (χ0) is 15.2. The largest absolute Gasteiger partial charge is 0.478 e. The Kier molecular flexibility index (Phi) is 4.56. The maximum Gasteiger partial charge on any atom is 0.335 e. The number of nitrogens with two attached hydrogens (primary N) is 1. The molecule has 0 radical (unpaired) electrons. The number of carbonyl (C=O) groups is 2. The molecule has 5 nitrogen and oxygen atoms in total. The summed E-state index contributed by atoms with van der Waals surface area (Å²) >= 11 is 0. The van der Waals surface area contributed by atoms with Crippen LogP contribution in [0.5, 0.6) is 0 Å². The highest BCUT2D eigenvalue weighted by molar-refractivity contribution is 5.92. The number of anilines is 2. The minimum atomic E-state index is -0.991. The Morgan fingerprint density at radius 1 is 1.10 bits per heavy atom. The monoisotopic (exact) mass is 284 g/mol. The van der Waals surface area contributed by atoms with Gasteiger partial charge in [0.05, 0.1) is 5.56 Å². The summed E-state index contributed by atoms with van der Waals surface area (Å²) < 4.78 is 0. The SMILES string of the molecule is Nc1cccc(CCC(=O)Nc2ccc(C(=O)O)cc2)c1. The zero-order valence-corrected chi connectivity index (χ0v) is 11.4. The van der Waals surface area contributed by atoms with Gasteiger partial charge in [0.2, 0.25) is 5.91 Å². The Bertz CT molecular complexity index is 651. The fourth-order valence-electron chi connectivity index (χ4n) is 1.93. The molecule has 0 aliphatic carbocycles. The quantitative estimate of drug-likeness (QED) is 0.736. The average molecular weight is 284 g/mol. The van der Waals surface area contributed by atoms with Crippen LogP contribution in [0, 0.1) is 0 Å². The molecule has 0 aromatic heterocycles. The minimum absolute atomic E-state index is 0.125. The fourth-order valence-corrected chi connectivity index (χ4v) is 1.93. The molecule has 0 saturated carbocycles. The Balaban J connectivity index is 1.88. The predicted octanol–water partition coefficient (Wildman–Crippen LogP) is 2.54. The normalized spacial score (nSPS) is 10.1. The lowest BCUT2D eigenvalue weighted by Gasteiger charge is -2.06. The van der Waals surface area contributed by atoms with E-state index in [1.807, 2.05) is 18.2 Å². The van der Waals surface area contributed by atoms with E-state index in [0.29, 0.717) is 24.2 Å². The lowest BCUT2D eigenvalue weighted by Crippen LogP contribution is -2.12. The van der Waals surface area contributed by atoms with Gasteiger partial charge in [-0.25, -0.2) is 4.79 Å². The van der Waals surface area contributed by atoms with E-state index in [1.165, 1.54) is 12.1 Å². The van der Waals surface area contributed by atoms with E-state index in [2.05, 4.69) is 5.32 Å². The molecule has 0 bridgehead atoms. The summed E-state index contributed by atoms with van der Waals surface area (Å²) in [5.41, 5.74) is 8.13. The van der Waals surface area contributed by atoms with Crippen molar-refractivity contribution >= 4 is 23.3 Å². The molecule has 0 saturated heterocycles. The number of amides is 1. The Morgan fingerprint density at radius 2 is 1.81 bits per heavy atom. The fraction of sp³-hybridized carbons (Fsp3) is 0.125. The average Bonchev–Trinajstić information content (AvgIpc) is 2.46. The molecule has 21 heavy (non-hydrogen) atoms. The summed E-state index contributed by atoms with van der Waals surface area (Å²) in [5, 5.41) is 11.5. The van der Waals surface area contributed by atoms with E-state index >= 15 is 0 Å². The molecule has 5 heteroatoms. The highest BCUT2D eigenvalue weighted by Gasteiger charge is 2.05. The Hall–Kier alpha value is -2.82. The summed E-state index contributed by atoms with van der Waals surface area (Å²) in [6.07, 6.45) is 0.939. The molecule has 2 aromatic carbocycles. The van der Waals surface area contributed by atoms with Gasteiger partial charge in [-0.05, 0) is 48.4 Å². The van der Waals surface area contributed by atoms with E-state index in [9.17, 15) is 9.59 Å². The van der Waals surface area contributed by atoms with Crippen LogP contribution in [0.15, 0.2) is 48.5 Å². The summed E-state index contributed by atoms with van der Waals surface area (Å²) in [6, 6.07) is 13.5. The molecule has 4 N–H and O–H groups in total. The lowest BCUT2D eigenvalue weighted by molar-refractivity contribution is -0.116. The van der Waals surface area contributed by atoms with Crippen LogP contribution in [-0.2, 0) is 11.2 Å². The van der Waals surface area contributed by atoms with Crippen LogP contribution in [0.1, 0.15) is 22.3 Å². The van der Waals surface area contributed by atoms with Gasteiger partial charge >= 0.3 is 5.97 Å². The minimum Gasteiger partial charge on any atom is -0.478 e. The lowest BCUT2D eigenvalue weighted by atomic mass is 10.1. The number of nitrogens with one attached hydrogen (secondary N) is 1. The van der Waals surface area contributed by atoms with Crippen LogP contribution in [0.25, 0.3) is 0 Å². The van der Waals surface area contributed by atoms with Gasteiger partial charge in [0.25, 0.3) is 0 Å². The van der Waals surface area contributed by atoms with Crippen molar-refractivity contribution in [3.8, 4) is 0 Å². The molecule has 0 aliphatic rings. The highest BCUT2D eigenvalue weighted by Crippen LogP contribution is 2.12. The van der Waals surface area contributed by atoms with E-state index in [0.717, 1.165) is 5.56 Å². The van der Waals surface area contributed by atoms with Crippen molar-refractivity contribution in [1.82, 2.24) is 0 Å². The molecule has 0 atom stereocenters. The Labute approximate surface area is 122 Å². The first-order valence-corrected chi connectivity index (χ1v) is 6.52. The molecule has 0 heterocycles. The van der Waals surface area contributed by atoms with Crippen molar-refractivity contribution in [2.24, 2.45) is 0 Å². The predicted molar refractivity (Wildman–Crippen MR) is 81.2 cm³/mol. The Morgan fingerprint density at radius 3 is 2.43 bits per heavy atom. The molecule has 2 rings (SSSR count). The van der Waals surface area contributed by atoms with Gasteiger partial charge in [0.1, 0.15) is 0 Å². The van der Waals surface area contributed by atoms with E-state index in [1.54, 1.807) is 18.2 Å². The number of rotatable bonds is 5. The molecule has 108 valence electrons. The number of hydrogen-bond donors (Lipinski definition) is 3. The number of benzene rings is 2. The molecule has 0 spiro atoms. The number of carboxylic acids is 1. The van der Waals surface area contributed by atoms with Crippen molar-refractivity contribution in [1.29, 1.82) is 0 Å². The van der Waals surface area contributed by atoms with Gasteiger partial charge in [-0.1, -0.05) is 12.1 Å². The number of carbonyl (C=O) groups excluding carboxylic acids is 1. The molecular formula is C16H16N2O3. The van der Waals surface area contributed by atoms with E-state index in [-0.39, 0.29) is 11.5 Å². The molecule has 1 amide bonds. The maximum atomic E-state index is 11.8. The highest BCUT2D eigenvalue weighted by atomic mass is 16.4. The molecular weight excluding hydrogens is 268 g/mol. The molecule has 0 fully saturated rings. The second-order valence-electron chi connectivity index (χ2n) is 4.68. The number of aryl methyl sites for hydroxylation is 1. The summed E-state index contributed by atoms with van der Waals surface area (Å²) in [7, 11) is 0. The van der Waals surface area contributed by atoms with Crippen molar-refractivity contribution in [3.63, 3.8) is 0 Å². The van der Waals surface area contributed by atoms with Crippen LogP contribution in [0.3, 0.4) is 0 Å². The number of aromatic carboxylic acids is 1. The van der Waals surface area contributed by atoms with Crippen molar-refractivity contribution < 1.29 is 14.7 Å². The number of nitrogen functional groups attached to an aromatic ring is 1. The van der Waals surface area contributed by atoms with Crippen LogP contribution >= 0.6 is 0 Å². The van der Waals surface area contributed by atoms with Gasteiger partial charge in [-0.15, -0.1) is 0 Å². The van der Waals surface area contributed by atoms with Crippen LogP contribution < -0.4 is 11.1 Å². The number of hydrogen-bond acceptors (Lipinski definition) is 3. The number of carboxylic acid groups (broad SMARTS) is 1.